The average molecular weight is 354 g/mol. The topological polar surface area (TPSA) is 50.8 Å². The second kappa shape index (κ2) is 8.61. The Hall–Kier alpha value is -2.69. The summed E-state index contributed by atoms with van der Waals surface area (Å²) in [6.45, 7) is 1.55. The number of carbonyl (C=O) groups excluding carboxylic acids is 1. The fourth-order valence-electron chi connectivity index (χ4n) is 3.39. The number of carbonyl (C=O) groups is 1. The quantitative estimate of drug-likeness (QED) is 0.876. The van der Waals surface area contributed by atoms with E-state index < -0.39 is 0 Å². The van der Waals surface area contributed by atoms with Crippen molar-refractivity contribution in [1.82, 2.24) is 4.90 Å². The molecule has 138 valence electrons. The largest absolute Gasteiger partial charge is 0.497 e. The Kier molecular flexibility index (Phi) is 6.00. The normalized spacial score (nSPS) is 14.8. The molecule has 2 amide bonds. The molecular formula is C21H26N2O3. The Morgan fingerprint density at radius 2 is 1.81 bits per heavy atom. The average Bonchev–Trinajstić information content (AvgIpc) is 2.69. The summed E-state index contributed by atoms with van der Waals surface area (Å²) in [6, 6.07) is 15.8. The second-order valence-electron chi connectivity index (χ2n) is 6.62. The standard InChI is InChI=1S/C21H26N2O3/c1-25-18-8-9-20(26-2)19(15-18)22-21(24)23-12-10-17(11-13-23)14-16-6-4-3-5-7-16/h3-9,15,17H,10-14H2,1-2H3,(H,22,24). The van der Waals surface area contributed by atoms with E-state index in [9.17, 15) is 4.79 Å². The third-order valence-electron chi connectivity index (χ3n) is 4.92. The van der Waals surface area contributed by atoms with E-state index in [1.165, 1.54) is 5.56 Å². The summed E-state index contributed by atoms with van der Waals surface area (Å²) in [4.78, 5) is 14.5. The molecule has 1 heterocycles. The van der Waals surface area contributed by atoms with Crippen LogP contribution in [0.3, 0.4) is 0 Å². The Bertz CT molecular complexity index is 725. The predicted octanol–water partition coefficient (Wildman–Crippen LogP) is 4.19. The first-order chi connectivity index (χ1) is 12.7. The third-order valence-corrected chi connectivity index (χ3v) is 4.92. The van der Waals surface area contributed by atoms with Crippen molar-refractivity contribution in [2.75, 3.05) is 32.6 Å². The van der Waals surface area contributed by atoms with Gasteiger partial charge in [0.1, 0.15) is 11.5 Å². The molecule has 0 unspecified atom stereocenters. The van der Waals surface area contributed by atoms with Crippen molar-refractivity contribution >= 4 is 11.7 Å². The van der Waals surface area contributed by atoms with Crippen molar-refractivity contribution in [2.45, 2.75) is 19.3 Å². The van der Waals surface area contributed by atoms with Gasteiger partial charge in [-0.1, -0.05) is 30.3 Å². The van der Waals surface area contributed by atoms with Crippen LogP contribution in [0.2, 0.25) is 0 Å². The van der Waals surface area contributed by atoms with E-state index in [1.54, 1.807) is 26.4 Å². The number of rotatable bonds is 5. The van der Waals surface area contributed by atoms with E-state index in [2.05, 4.69) is 29.6 Å². The lowest BCUT2D eigenvalue weighted by atomic mass is 9.90. The van der Waals surface area contributed by atoms with Crippen LogP contribution >= 0.6 is 0 Å². The lowest BCUT2D eigenvalue weighted by Crippen LogP contribution is -2.41. The van der Waals surface area contributed by atoms with E-state index in [0.29, 0.717) is 23.1 Å². The lowest BCUT2D eigenvalue weighted by molar-refractivity contribution is 0.182. The van der Waals surface area contributed by atoms with Crippen LogP contribution in [0.15, 0.2) is 48.5 Å². The highest BCUT2D eigenvalue weighted by atomic mass is 16.5. The number of ether oxygens (including phenoxy) is 2. The molecule has 3 rings (SSSR count). The maximum Gasteiger partial charge on any atom is 0.321 e. The SMILES string of the molecule is COc1ccc(OC)c(NC(=O)N2CCC(Cc3ccccc3)CC2)c1. The number of benzene rings is 2. The van der Waals surface area contributed by atoms with Gasteiger partial charge in [-0.15, -0.1) is 0 Å². The lowest BCUT2D eigenvalue weighted by Gasteiger charge is -2.32. The number of anilines is 1. The maximum absolute atomic E-state index is 12.6. The Morgan fingerprint density at radius 3 is 2.46 bits per heavy atom. The predicted molar refractivity (Wildman–Crippen MR) is 103 cm³/mol. The van der Waals surface area contributed by atoms with E-state index in [0.717, 1.165) is 32.4 Å². The molecule has 1 aliphatic rings. The smallest absolute Gasteiger partial charge is 0.321 e. The highest BCUT2D eigenvalue weighted by Crippen LogP contribution is 2.29. The highest BCUT2D eigenvalue weighted by Gasteiger charge is 2.23. The maximum atomic E-state index is 12.6. The first-order valence-corrected chi connectivity index (χ1v) is 9.01. The van der Waals surface area contributed by atoms with Crippen LogP contribution in [-0.2, 0) is 6.42 Å². The minimum absolute atomic E-state index is 0.0882. The van der Waals surface area contributed by atoms with Crippen LogP contribution in [0.25, 0.3) is 0 Å². The van der Waals surface area contributed by atoms with Crippen molar-refractivity contribution in [3.8, 4) is 11.5 Å². The van der Waals surface area contributed by atoms with Crippen molar-refractivity contribution in [1.29, 1.82) is 0 Å². The number of methoxy groups -OCH3 is 2. The molecule has 2 aromatic carbocycles. The molecule has 5 nitrogen and oxygen atoms in total. The van der Waals surface area contributed by atoms with E-state index in [4.69, 9.17) is 9.47 Å². The first kappa shape index (κ1) is 18.1. The number of urea groups is 1. The molecule has 5 heteroatoms. The number of nitrogens with one attached hydrogen (secondary N) is 1. The van der Waals surface area contributed by atoms with Gasteiger partial charge in [0, 0.05) is 19.2 Å². The van der Waals surface area contributed by atoms with Crippen LogP contribution in [0.4, 0.5) is 10.5 Å². The van der Waals surface area contributed by atoms with Crippen LogP contribution in [0, 0.1) is 5.92 Å². The molecule has 2 aromatic rings. The summed E-state index contributed by atoms with van der Waals surface area (Å²) in [5.74, 6) is 1.94. The first-order valence-electron chi connectivity index (χ1n) is 9.01. The summed E-state index contributed by atoms with van der Waals surface area (Å²) >= 11 is 0. The van der Waals surface area contributed by atoms with E-state index >= 15 is 0 Å². The molecule has 1 aliphatic heterocycles. The van der Waals surface area contributed by atoms with Crippen LogP contribution in [-0.4, -0.2) is 38.2 Å². The van der Waals surface area contributed by atoms with E-state index in [-0.39, 0.29) is 6.03 Å². The van der Waals surface area contributed by atoms with Gasteiger partial charge in [-0.05, 0) is 42.9 Å². The van der Waals surface area contributed by atoms with Gasteiger partial charge in [0.25, 0.3) is 0 Å². The fraction of sp³-hybridized carbons (Fsp3) is 0.381. The van der Waals surface area contributed by atoms with Gasteiger partial charge >= 0.3 is 6.03 Å². The van der Waals surface area contributed by atoms with Gasteiger partial charge < -0.3 is 19.7 Å². The number of piperidine rings is 1. The number of amides is 2. The third kappa shape index (κ3) is 4.48. The molecule has 0 atom stereocenters. The fourth-order valence-corrected chi connectivity index (χ4v) is 3.39. The molecule has 1 fully saturated rings. The number of hydrogen-bond acceptors (Lipinski definition) is 3. The zero-order chi connectivity index (χ0) is 18.4. The Labute approximate surface area is 154 Å². The molecule has 0 radical (unpaired) electrons. The second-order valence-corrected chi connectivity index (χ2v) is 6.62. The molecule has 0 aliphatic carbocycles. The summed E-state index contributed by atoms with van der Waals surface area (Å²) in [7, 11) is 3.19. The van der Waals surface area contributed by atoms with Gasteiger partial charge in [-0.3, -0.25) is 0 Å². The molecule has 0 bridgehead atoms. The molecule has 0 saturated carbocycles. The van der Waals surface area contributed by atoms with Gasteiger partial charge in [-0.2, -0.15) is 0 Å². The number of likely N-dealkylation sites (tertiary alicyclic amines) is 1. The summed E-state index contributed by atoms with van der Waals surface area (Å²) in [5, 5.41) is 2.95. The minimum atomic E-state index is -0.0882. The monoisotopic (exact) mass is 354 g/mol. The molecular weight excluding hydrogens is 328 g/mol. The highest BCUT2D eigenvalue weighted by molar-refractivity contribution is 5.91. The molecule has 1 saturated heterocycles. The molecule has 26 heavy (non-hydrogen) atoms. The van der Waals surface area contributed by atoms with Crippen molar-refractivity contribution in [2.24, 2.45) is 5.92 Å². The molecule has 0 aromatic heterocycles. The Morgan fingerprint density at radius 1 is 1.08 bits per heavy atom. The Balaban J connectivity index is 1.55. The van der Waals surface area contributed by atoms with Gasteiger partial charge in [-0.25, -0.2) is 4.79 Å². The zero-order valence-electron chi connectivity index (χ0n) is 15.4. The van der Waals surface area contributed by atoms with Crippen LogP contribution < -0.4 is 14.8 Å². The van der Waals surface area contributed by atoms with Crippen LogP contribution in [0.5, 0.6) is 11.5 Å². The van der Waals surface area contributed by atoms with Gasteiger partial charge in [0.15, 0.2) is 0 Å². The zero-order valence-corrected chi connectivity index (χ0v) is 15.4. The number of hydrogen-bond donors (Lipinski definition) is 1. The van der Waals surface area contributed by atoms with Gasteiger partial charge in [0.2, 0.25) is 0 Å². The number of nitrogens with zero attached hydrogens (tertiary/aromatic N) is 1. The van der Waals surface area contributed by atoms with Crippen molar-refractivity contribution < 1.29 is 14.3 Å². The summed E-state index contributed by atoms with van der Waals surface area (Å²) in [6.07, 6.45) is 3.13. The molecule has 1 N–H and O–H groups in total. The van der Waals surface area contributed by atoms with Crippen molar-refractivity contribution in [3.05, 3.63) is 54.1 Å². The van der Waals surface area contributed by atoms with Gasteiger partial charge in [0.05, 0.1) is 19.9 Å². The van der Waals surface area contributed by atoms with Crippen molar-refractivity contribution in [3.63, 3.8) is 0 Å². The molecule has 0 spiro atoms. The summed E-state index contributed by atoms with van der Waals surface area (Å²) < 4.78 is 10.6. The van der Waals surface area contributed by atoms with Crippen LogP contribution in [0.1, 0.15) is 18.4 Å². The minimum Gasteiger partial charge on any atom is -0.497 e. The van der Waals surface area contributed by atoms with E-state index in [1.807, 2.05) is 17.0 Å². The summed E-state index contributed by atoms with van der Waals surface area (Å²) in [5.41, 5.74) is 2.00.